The summed E-state index contributed by atoms with van der Waals surface area (Å²) in [5.41, 5.74) is 0. The van der Waals surface area contributed by atoms with Gasteiger partial charge in [0.1, 0.15) is 0 Å². The predicted octanol–water partition coefficient (Wildman–Crippen LogP) is -1.50. The number of carbonyl (C=O) groups is 1. The number of likely N-dealkylation sites (N-methyl/N-ethyl adjacent to an activating group) is 1. The Kier molecular flexibility index (Phi) is 5.40. The fourth-order valence-electron chi connectivity index (χ4n) is 0.669. The Morgan fingerprint density at radius 2 is 2.13 bits per heavy atom. The molecular weight excluding hydrogens is 229 g/mol. The van der Waals surface area contributed by atoms with E-state index >= 15 is 0 Å². The van der Waals surface area contributed by atoms with E-state index in [4.69, 9.17) is 20.3 Å². The molecule has 15 heavy (non-hydrogen) atoms. The monoisotopic (exact) mass is 243 g/mol. The molecule has 0 aromatic rings. The Balaban J connectivity index is 4.17. The number of nitrogens with one attached hydrogen (secondary N) is 2. The van der Waals surface area contributed by atoms with E-state index in [9.17, 15) is 4.79 Å². The van der Waals surface area contributed by atoms with Crippen LogP contribution in [0.25, 0.3) is 0 Å². The van der Waals surface area contributed by atoms with E-state index < -0.39 is 26.6 Å². The molecule has 0 radical (unpaired) electrons. The van der Waals surface area contributed by atoms with Gasteiger partial charge in [-0.1, -0.05) is 0 Å². The van der Waals surface area contributed by atoms with Crippen molar-refractivity contribution in [1.82, 2.24) is 9.99 Å². The van der Waals surface area contributed by atoms with Crippen molar-refractivity contribution in [3.05, 3.63) is 0 Å². The number of hydrogen-bond acceptors (Lipinski definition) is 6. The molecule has 9 nitrogen and oxygen atoms in total. The van der Waals surface area contributed by atoms with Gasteiger partial charge in [0, 0.05) is 0 Å². The van der Waals surface area contributed by atoms with Crippen molar-refractivity contribution >= 4 is 20.0 Å². The maximum absolute atomic E-state index is 10.3. The molecule has 0 saturated carbocycles. The number of aliphatic carboxylic acids is 1. The van der Waals surface area contributed by atoms with E-state index in [1.54, 1.807) is 0 Å². The summed E-state index contributed by atoms with van der Waals surface area (Å²) in [7, 11) is -1.95. The molecule has 0 fully saturated rings. The molecule has 0 heterocycles. The molecule has 0 aliphatic rings. The van der Waals surface area contributed by atoms with Crippen molar-refractivity contribution in [2.75, 3.05) is 20.7 Å². The molecule has 0 aromatic carbocycles. The second-order valence-corrected chi connectivity index (χ2v) is 4.21. The van der Waals surface area contributed by atoms with E-state index in [-0.39, 0.29) is 0 Å². The van der Waals surface area contributed by atoms with Crippen LogP contribution in [0.1, 0.15) is 0 Å². The van der Waals surface area contributed by atoms with Gasteiger partial charge in [-0.3, -0.25) is 0 Å². The third-order valence-electron chi connectivity index (χ3n) is 1.23. The van der Waals surface area contributed by atoms with Crippen LogP contribution in [0.3, 0.4) is 0 Å². The van der Waals surface area contributed by atoms with E-state index in [0.29, 0.717) is 0 Å². The zero-order valence-electron chi connectivity index (χ0n) is 8.22. The molecule has 0 rings (SSSR count). The predicted molar refractivity (Wildman–Crippen MR) is 52.0 cm³/mol. The SMILES string of the molecule is COO[PH](O)(O)NC(=N)N(C)CC(=O)O. The van der Waals surface area contributed by atoms with Crippen LogP contribution in [0.5, 0.6) is 0 Å². The molecule has 0 aliphatic carbocycles. The standard InChI is InChI=1S/C5H14N3O6P/c1-8(3-4(9)10)5(6)7-15(11,12)14-13-2/h11-12,15H,3H2,1-2H3,(H2,6,7)(H,9,10). The number of carboxylic acids is 1. The summed E-state index contributed by atoms with van der Waals surface area (Å²) >= 11 is 0. The minimum atomic E-state index is -4.31. The number of hydrogen-bond donors (Lipinski definition) is 5. The number of carboxylic acid groups (broad SMARTS) is 1. The Hall–Kier alpha value is -0.990. The van der Waals surface area contributed by atoms with Crippen molar-refractivity contribution in [3.63, 3.8) is 0 Å². The van der Waals surface area contributed by atoms with E-state index in [2.05, 4.69) is 9.56 Å². The molecule has 0 amide bonds. The third kappa shape index (κ3) is 6.15. The number of guanidine groups is 1. The molecule has 90 valence electrons. The molecular formula is C5H14N3O6P. The summed E-state index contributed by atoms with van der Waals surface area (Å²) in [6, 6.07) is 0. The Morgan fingerprint density at radius 1 is 1.60 bits per heavy atom. The molecule has 0 unspecified atom stereocenters. The van der Waals surface area contributed by atoms with Crippen molar-refractivity contribution in [2.45, 2.75) is 0 Å². The van der Waals surface area contributed by atoms with E-state index in [1.807, 2.05) is 5.09 Å². The number of nitrogens with zero attached hydrogens (tertiary/aromatic N) is 1. The summed E-state index contributed by atoms with van der Waals surface area (Å²) in [6.45, 7) is -0.455. The van der Waals surface area contributed by atoms with Crippen LogP contribution in [-0.2, 0) is 14.4 Å². The van der Waals surface area contributed by atoms with Gasteiger partial charge < -0.3 is 0 Å². The summed E-state index contributed by atoms with van der Waals surface area (Å²) in [5.74, 6) is -1.65. The van der Waals surface area contributed by atoms with Crippen molar-refractivity contribution in [3.8, 4) is 0 Å². The number of rotatable bonds is 5. The van der Waals surface area contributed by atoms with Gasteiger partial charge in [0.25, 0.3) is 0 Å². The first-order valence-electron chi connectivity index (χ1n) is 3.74. The summed E-state index contributed by atoms with van der Waals surface area (Å²) in [6.07, 6.45) is 0. The van der Waals surface area contributed by atoms with Crippen molar-refractivity contribution in [2.24, 2.45) is 0 Å². The first kappa shape index (κ1) is 14.0. The van der Waals surface area contributed by atoms with Gasteiger partial charge in [0.2, 0.25) is 0 Å². The van der Waals surface area contributed by atoms with Crippen molar-refractivity contribution in [1.29, 1.82) is 5.41 Å². The zero-order chi connectivity index (χ0) is 12.1. The zero-order valence-corrected chi connectivity index (χ0v) is 9.22. The van der Waals surface area contributed by atoms with Gasteiger partial charge in [-0.15, -0.1) is 0 Å². The molecule has 0 atom stereocenters. The van der Waals surface area contributed by atoms with Gasteiger partial charge in [0.05, 0.1) is 0 Å². The summed E-state index contributed by atoms with van der Waals surface area (Å²) < 4.78 is 4.08. The maximum atomic E-state index is 10.3. The topological polar surface area (TPSA) is 135 Å². The van der Waals surface area contributed by atoms with Gasteiger partial charge in [-0.2, -0.15) is 0 Å². The fourth-order valence-corrected chi connectivity index (χ4v) is 1.44. The molecule has 0 bridgehead atoms. The summed E-state index contributed by atoms with van der Waals surface area (Å²) in [4.78, 5) is 33.4. The van der Waals surface area contributed by atoms with Crippen LogP contribution in [0.4, 0.5) is 0 Å². The molecule has 0 aromatic heterocycles. The fraction of sp³-hybridized carbons (Fsp3) is 0.600. The van der Waals surface area contributed by atoms with Gasteiger partial charge in [0.15, 0.2) is 0 Å². The Labute approximate surface area is 86.3 Å². The Morgan fingerprint density at radius 3 is 2.53 bits per heavy atom. The second-order valence-electron chi connectivity index (χ2n) is 2.58. The normalized spacial score (nSPS) is 12.0. The van der Waals surface area contributed by atoms with E-state index in [1.165, 1.54) is 7.05 Å². The molecule has 0 aliphatic heterocycles. The van der Waals surface area contributed by atoms with Crippen LogP contribution in [0, 0.1) is 5.41 Å². The van der Waals surface area contributed by atoms with Crippen LogP contribution >= 0.6 is 8.09 Å². The second kappa shape index (κ2) is 5.79. The van der Waals surface area contributed by atoms with E-state index in [0.717, 1.165) is 12.0 Å². The van der Waals surface area contributed by atoms with Gasteiger partial charge in [-0.05, 0) is 0 Å². The average Bonchev–Trinajstić information content (AvgIpc) is 2.01. The first-order chi connectivity index (χ1) is 6.78. The van der Waals surface area contributed by atoms with Crippen LogP contribution in [-0.4, -0.2) is 52.4 Å². The molecule has 10 heteroatoms. The van der Waals surface area contributed by atoms with Gasteiger partial charge in [-0.25, -0.2) is 0 Å². The third-order valence-corrected chi connectivity index (χ3v) is 2.20. The van der Waals surface area contributed by atoms with Crippen LogP contribution < -0.4 is 5.09 Å². The molecule has 0 spiro atoms. The molecule has 5 N–H and O–H groups in total. The van der Waals surface area contributed by atoms with Crippen LogP contribution in [0.2, 0.25) is 0 Å². The first-order valence-corrected chi connectivity index (χ1v) is 5.55. The molecule has 0 saturated heterocycles. The minimum absolute atomic E-state index is 0.455. The van der Waals surface area contributed by atoms with Crippen molar-refractivity contribution < 1.29 is 29.2 Å². The summed E-state index contributed by atoms with van der Waals surface area (Å²) in [5, 5.41) is 17.6. The quantitative estimate of drug-likeness (QED) is 0.129. The Bertz CT molecular complexity index is 247. The van der Waals surface area contributed by atoms with Crippen LogP contribution in [0.15, 0.2) is 0 Å². The van der Waals surface area contributed by atoms with Gasteiger partial charge >= 0.3 is 85.4 Å². The average molecular weight is 243 g/mol.